The van der Waals surface area contributed by atoms with Crippen LogP contribution in [0, 0.1) is 0 Å². The molecule has 0 N–H and O–H groups in total. The van der Waals surface area contributed by atoms with E-state index >= 15 is 0 Å². The zero-order valence-corrected chi connectivity index (χ0v) is 9.75. The van der Waals surface area contributed by atoms with Gasteiger partial charge < -0.3 is 0 Å². The van der Waals surface area contributed by atoms with Crippen molar-refractivity contribution in [1.29, 1.82) is 0 Å². The first-order valence-corrected chi connectivity index (χ1v) is 4.41. The molecule has 0 aliphatic carbocycles. The second-order valence-electron chi connectivity index (χ2n) is 2.75. The van der Waals surface area contributed by atoms with Crippen LogP contribution < -0.4 is 0 Å². The Bertz CT molecular complexity index is 273. The van der Waals surface area contributed by atoms with E-state index in [4.69, 9.17) is 0 Å². The molecule has 2 rings (SSSR count). The quantitative estimate of drug-likeness (QED) is 0.411. The molecular formula is C13H14Ti. The molecule has 0 nitrogen and oxygen atoms in total. The van der Waals surface area contributed by atoms with Crippen molar-refractivity contribution in [3.05, 3.63) is 72.8 Å². The van der Waals surface area contributed by atoms with Crippen molar-refractivity contribution in [3.63, 3.8) is 0 Å². The number of hydrogen-bond donors (Lipinski definition) is 0. The fraction of sp³-hybridized carbons (Fsp3) is 0.0769. The monoisotopic (exact) mass is 218 g/mol. The molecule has 2 aromatic rings. The summed E-state index contributed by atoms with van der Waals surface area (Å²) in [5.74, 6) is 0. The van der Waals surface area contributed by atoms with Crippen molar-refractivity contribution in [3.8, 4) is 0 Å². The molecule has 0 bridgehead atoms. The molecule has 0 radical (unpaired) electrons. The summed E-state index contributed by atoms with van der Waals surface area (Å²) in [7, 11) is 0. The third-order valence-electron chi connectivity index (χ3n) is 1.67. The smallest absolute Gasteiger partial charge is 0.214 e. The Labute approximate surface area is 101 Å². The summed E-state index contributed by atoms with van der Waals surface area (Å²) in [5, 5.41) is 0. The number of hydrogen-bond acceptors (Lipinski definition) is 0. The zero-order valence-electron chi connectivity index (χ0n) is 8.19. The van der Waals surface area contributed by atoms with Crippen molar-refractivity contribution in [2.45, 2.75) is 6.42 Å². The molecule has 0 aliphatic rings. The topological polar surface area (TPSA) is 0 Å². The van der Waals surface area contributed by atoms with Crippen LogP contribution in [0.2, 0.25) is 0 Å². The van der Waals surface area contributed by atoms with Crippen LogP contribution in [0.4, 0.5) is 0 Å². The molecule has 0 spiro atoms. The predicted octanol–water partition coefficient (Wildman–Crippen LogP) is 3.54. The second kappa shape index (κ2) is 8.74. The van der Waals surface area contributed by atoms with Crippen molar-refractivity contribution < 1.29 is 21.7 Å². The van der Waals surface area contributed by atoms with Gasteiger partial charge in [0.25, 0.3) is 0 Å². The van der Waals surface area contributed by atoms with Crippen LogP contribution in [-0.2, 0) is 28.1 Å². The van der Waals surface area contributed by atoms with Crippen molar-refractivity contribution in [1.82, 2.24) is 0 Å². The van der Waals surface area contributed by atoms with E-state index in [9.17, 15) is 0 Å². The Kier molecular flexibility index (Phi) is 8.21. The largest absolute Gasteiger partial charge is 2.00 e. The molecule has 0 fully saturated rings. The second-order valence-corrected chi connectivity index (χ2v) is 2.75. The molecule has 70 valence electrons. The van der Waals surface area contributed by atoms with Gasteiger partial charge >= 0.3 is 21.7 Å². The molecule has 0 aromatic heterocycles. The molecule has 0 aliphatic heterocycles. The van der Waals surface area contributed by atoms with Crippen LogP contribution in [0.25, 0.3) is 0 Å². The summed E-state index contributed by atoms with van der Waals surface area (Å²) >= 11 is 0. The van der Waals surface area contributed by atoms with Crippen LogP contribution in [0.15, 0.2) is 67.3 Å². The minimum absolute atomic E-state index is 0. The van der Waals surface area contributed by atoms with Crippen LogP contribution in [0.5, 0.6) is 0 Å². The first kappa shape index (κ1) is 13.2. The summed E-state index contributed by atoms with van der Waals surface area (Å²) in [6.45, 7) is 3.64. The Morgan fingerprint density at radius 1 is 1.07 bits per heavy atom. The molecule has 0 amide bonds. The maximum Gasteiger partial charge on any atom is 2.00 e. The van der Waals surface area contributed by atoms with E-state index in [0.717, 1.165) is 6.42 Å². The van der Waals surface area contributed by atoms with Gasteiger partial charge in [0.1, 0.15) is 0 Å². The van der Waals surface area contributed by atoms with Crippen molar-refractivity contribution in [2.75, 3.05) is 0 Å². The van der Waals surface area contributed by atoms with E-state index in [2.05, 4.69) is 18.7 Å². The summed E-state index contributed by atoms with van der Waals surface area (Å²) in [6, 6.07) is 18.3. The molecule has 0 saturated carbocycles. The fourth-order valence-corrected chi connectivity index (χ4v) is 1.04. The predicted molar refractivity (Wildman–Crippen MR) is 58.0 cm³/mol. The molecule has 0 atom stereocenters. The van der Waals surface area contributed by atoms with Gasteiger partial charge in [-0.15, -0.1) is 6.58 Å². The van der Waals surface area contributed by atoms with Crippen molar-refractivity contribution >= 4 is 0 Å². The van der Waals surface area contributed by atoms with Gasteiger partial charge in [0.2, 0.25) is 0 Å². The van der Waals surface area contributed by atoms with Gasteiger partial charge in [0, 0.05) is 0 Å². The average Bonchev–Trinajstić information content (AvgIpc) is 2.79. The maximum absolute atomic E-state index is 3.64. The molecule has 0 saturated heterocycles. The summed E-state index contributed by atoms with van der Waals surface area (Å²) in [6.07, 6.45) is 2.91. The van der Waals surface area contributed by atoms with Crippen molar-refractivity contribution in [2.24, 2.45) is 0 Å². The molecule has 1 heteroatoms. The Balaban J connectivity index is 0.000000246. The van der Waals surface area contributed by atoms with Crippen LogP contribution in [-0.4, -0.2) is 0 Å². The minimum atomic E-state index is 0. The number of rotatable bonds is 2. The van der Waals surface area contributed by atoms with E-state index < -0.39 is 0 Å². The van der Waals surface area contributed by atoms with Crippen LogP contribution in [0.1, 0.15) is 5.56 Å². The SMILES string of the molecule is C=CC[c-]1cccc1.[Ti+2].c1cc[cH-]c1. The van der Waals surface area contributed by atoms with E-state index in [1.807, 2.05) is 48.5 Å². The third-order valence-corrected chi connectivity index (χ3v) is 1.67. The Morgan fingerprint density at radius 3 is 2.00 bits per heavy atom. The standard InChI is InChI=1S/C8H9.C5H5.Ti/c1-2-5-8-6-3-4-7-8;1-2-4-5-3-1;/h2-4,6-7H,1,5H2;1-5H;/q2*-1;+2. The summed E-state index contributed by atoms with van der Waals surface area (Å²) in [5.41, 5.74) is 1.35. The minimum Gasteiger partial charge on any atom is -0.214 e. The van der Waals surface area contributed by atoms with Gasteiger partial charge in [0.05, 0.1) is 0 Å². The fourth-order valence-electron chi connectivity index (χ4n) is 1.04. The van der Waals surface area contributed by atoms with Crippen LogP contribution in [0.3, 0.4) is 0 Å². The van der Waals surface area contributed by atoms with E-state index in [-0.39, 0.29) is 21.7 Å². The first-order valence-electron chi connectivity index (χ1n) is 4.41. The number of allylic oxidation sites excluding steroid dienone is 1. The van der Waals surface area contributed by atoms with Gasteiger partial charge in [-0.3, -0.25) is 0 Å². The third kappa shape index (κ3) is 5.74. The molecule has 14 heavy (non-hydrogen) atoms. The Morgan fingerprint density at radius 2 is 1.64 bits per heavy atom. The average molecular weight is 218 g/mol. The maximum atomic E-state index is 3.64. The van der Waals surface area contributed by atoms with Gasteiger partial charge in [-0.2, -0.15) is 35.9 Å². The van der Waals surface area contributed by atoms with E-state index in [1.165, 1.54) is 5.56 Å². The Hall–Kier alpha value is -0.846. The first-order chi connectivity index (χ1) is 6.43. The van der Waals surface area contributed by atoms with E-state index in [0.29, 0.717) is 0 Å². The van der Waals surface area contributed by atoms with E-state index in [1.54, 1.807) is 0 Å². The van der Waals surface area contributed by atoms with Gasteiger partial charge in [-0.25, -0.2) is 24.3 Å². The summed E-state index contributed by atoms with van der Waals surface area (Å²) < 4.78 is 0. The summed E-state index contributed by atoms with van der Waals surface area (Å²) in [4.78, 5) is 0. The molecular weight excluding hydrogens is 204 g/mol. The normalized spacial score (nSPS) is 8.00. The zero-order chi connectivity index (χ0) is 9.36. The molecule has 2 aromatic carbocycles. The molecule has 0 unspecified atom stereocenters. The molecule has 0 heterocycles. The van der Waals surface area contributed by atoms with Gasteiger partial charge in [0.15, 0.2) is 0 Å². The van der Waals surface area contributed by atoms with Gasteiger partial charge in [-0.05, 0) is 0 Å². The van der Waals surface area contributed by atoms with Crippen LogP contribution >= 0.6 is 0 Å². The van der Waals surface area contributed by atoms with Gasteiger partial charge in [-0.1, -0.05) is 12.5 Å².